The van der Waals surface area contributed by atoms with E-state index in [1.54, 1.807) is 12.4 Å². The van der Waals surface area contributed by atoms with E-state index in [0.29, 0.717) is 5.82 Å². The number of hydrogen-bond acceptors (Lipinski definition) is 4. The van der Waals surface area contributed by atoms with E-state index >= 15 is 0 Å². The second-order valence-electron chi connectivity index (χ2n) is 5.79. The van der Waals surface area contributed by atoms with Crippen LogP contribution < -0.4 is 5.32 Å². The summed E-state index contributed by atoms with van der Waals surface area (Å²) < 4.78 is 0. The summed E-state index contributed by atoms with van der Waals surface area (Å²) in [5, 5.41) is 4.51. The number of anilines is 2. The largest absolute Gasteiger partial charge is 0.339 e. The Morgan fingerprint density at radius 2 is 1.72 bits per heavy atom. The predicted octanol–water partition coefficient (Wildman–Crippen LogP) is 5.00. The number of rotatable bonds is 4. The number of hydrogen-bond donors (Lipinski definition) is 1. The Kier molecular flexibility index (Phi) is 4.09. The number of fused-ring (bicyclic) bond motifs is 1. The van der Waals surface area contributed by atoms with Crippen molar-refractivity contribution in [3.8, 4) is 11.4 Å². The highest BCUT2D eigenvalue weighted by atomic mass is 15.0. The molecule has 122 valence electrons. The smallest absolute Gasteiger partial charge is 0.163 e. The van der Waals surface area contributed by atoms with Gasteiger partial charge in [0.05, 0.1) is 5.52 Å². The van der Waals surface area contributed by atoms with Crippen LogP contribution in [0.5, 0.6) is 0 Å². The zero-order valence-electron chi connectivity index (χ0n) is 14.0. The topological polar surface area (TPSA) is 50.7 Å². The molecule has 0 spiro atoms. The maximum absolute atomic E-state index is 4.78. The Morgan fingerprint density at radius 3 is 2.56 bits per heavy atom. The molecule has 4 aromatic rings. The van der Waals surface area contributed by atoms with E-state index in [1.807, 2.05) is 42.5 Å². The van der Waals surface area contributed by atoms with Gasteiger partial charge in [-0.3, -0.25) is 4.98 Å². The molecule has 4 heteroatoms. The Hall–Kier alpha value is -3.27. The molecule has 2 aromatic heterocycles. The van der Waals surface area contributed by atoms with E-state index < -0.39 is 0 Å². The van der Waals surface area contributed by atoms with Gasteiger partial charge in [-0.05, 0) is 42.3 Å². The molecule has 0 bridgehead atoms. The second-order valence-corrected chi connectivity index (χ2v) is 5.79. The summed E-state index contributed by atoms with van der Waals surface area (Å²) in [4.78, 5) is 13.7. The van der Waals surface area contributed by atoms with Gasteiger partial charge in [-0.1, -0.05) is 37.3 Å². The highest BCUT2D eigenvalue weighted by Gasteiger charge is 2.10. The molecule has 0 aliphatic rings. The third-order valence-corrected chi connectivity index (χ3v) is 4.17. The molecule has 2 aromatic carbocycles. The van der Waals surface area contributed by atoms with E-state index in [1.165, 1.54) is 5.56 Å². The van der Waals surface area contributed by atoms with Crippen LogP contribution in [0.25, 0.3) is 22.3 Å². The quantitative estimate of drug-likeness (QED) is 0.573. The fraction of sp³-hybridized carbons (Fsp3) is 0.0952. The van der Waals surface area contributed by atoms with Crippen LogP contribution in [0, 0.1) is 0 Å². The Labute approximate surface area is 146 Å². The standard InChI is InChI=1S/C21H18N4/c1-2-15-8-3-5-11-18(15)23-21-17-10-4-6-12-19(17)24-20(25-21)16-9-7-13-22-14-16/h3-14H,2H2,1H3,(H,23,24,25). The minimum absolute atomic E-state index is 0.670. The summed E-state index contributed by atoms with van der Waals surface area (Å²) in [6.07, 6.45) is 4.50. The van der Waals surface area contributed by atoms with Gasteiger partial charge in [0.25, 0.3) is 0 Å². The Bertz CT molecular complexity index is 1010. The lowest BCUT2D eigenvalue weighted by molar-refractivity contribution is 1.13. The fourth-order valence-electron chi connectivity index (χ4n) is 2.87. The lowest BCUT2D eigenvalue weighted by Crippen LogP contribution is -2.01. The van der Waals surface area contributed by atoms with Crippen molar-refractivity contribution in [2.45, 2.75) is 13.3 Å². The maximum atomic E-state index is 4.78. The van der Waals surface area contributed by atoms with Crippen LogP contribution in [0.15, 0.2) is 73.1 Å². The molecule has 0 amide bonds. The third kappa shape index (κ3) is 3.06. The third-order valence-electron chi connectivity index (χ3n) is 4.17. The zero-order valence-corrected chi connectivity index (χ0v) is 14.0. The van der Waals surface area contributed by atoms with Crippen LogP contribution in [0.1, 0.15) is 12.5 Å². The number of pyridine rings is 1. The minimum atomic E-state index is 0.670. The average molecular weight is 326 g/mol. The first kappa shape index (κ1) is 15.3. The number of aryl methyl sites for hydroxylation is 1. The van der Waals surface area contributed by atoms with E-state index in [4.69, 9.17) is 9.97 Å². The summed E-state index contributed by atoms with van der Waals surface area (Å²) in [5.41, 5.74) is 4.15. The molecule has 0 radical (unpaired) electrons. The first-order valence-corrected chi connectivity index (χ1v) is 8.37. The molecule has 4 rings (SSSR count). The summed E-state index contributed by atoms with van der Waals surface area (Å²) >= 11 is 0. The van der Waals surface area contributed by atoms with Gasteiger partial charge in [-0.2, -0.15) is 0 Å². The van der Waals surface area contributed by atoms with Crippen LogP contribution in [-0.2, 0) is 6.42 Å². The van der Waals surface area contributed by atoms with Crippen LogP contribution in [0.2, 0.25) is 0 Å². The van der Waals surface area contributed by atoms with Gasteiger partial charge in [0.2, 0.25) is 0 Å². The highest BCUT2D eigenvalue weighted by molar-refractivity contribution is 5.92. The SMILES string of the molecule is CCc1ccccc1Nc1nc(-c2cccnc2)nc2ccccc12. The first-order chi connectivity index (χ1) is 12.3. The lowest BCUT2D eigenvalue weighted by atomic mass is 10.1. The molecule has 0 saturated carbocycles. The molecule has 0 saturated heterocycles. The summed E-state index contributed by atoms with van der Waals surface area (Å²) in [7, 11) is 0. The van der Waals surface area contributed by atoms with Crippen LogP contribution >= 0.6 is 0 Å². The maximum Gasteiger partial charge on any atom is 0.163 e. The summed E-state index contributed by atoms with van der Waals surface area (Å²) in [5.74, 6) is 1.48. The molecule has 2 heterocycles. The minimum Gasteiger partial charge on any atom is -0.339 e. The van der Waals surface area contributed by atoms with Gasteiger partial charge in [0, 0.05) is 29.0 Å². The Balaban J connectivity index is 1.87. The van der Waals surface area contributed by atoms with E-state index in [9.17, 15) is 0 Å². The van der Waals surface area contributed by atoms with Crippen molar-refractivity contribution in [1.29, 1.82) is 0 Å². The highest BCUT2D eigenvalue weighted by Crippen LogP contribution is 2.28. The van der Waals surface area contributed by atoms with Crippen molar-refractivity contribution in [3.05, 3.63) is 78.6 Å². The Morgan fingerprint density at radius 1 is 0.880 bits per heavy atom. The molecular formula is C21H18N4. The monoisotopic (exact) mass is 326 g/mol. The van der Waals surface area contributed by atoms with Gasteiger partial charge in [-0.15, -0.1) is 0 Å². The van der Waals surface area contributed by atoms with Crippen LogP contribution in [0.4, 0.5) is 11.5 Å². The van der Waals surface area contributed by atoms with Crippen LogP contribution in [-0.4, -0.2) is 15.0 Å². The van der Waals surface area contributed by atoms with Crippen LogP contribution in [0.3, 0.4) is 0 Å². The average Bonchev–Trinajstić information content (AvgIpc) is 2.69. The first-order valence-electron chi connectivity index (χ1n) is 8.37. The van der Waals surface area contributed by atoms with Crippen molar-refractivity contribution in [2.75, 3.05) is 5.32 Å². The zero-order chi connectivity index (χ0) is 17.1. The van der Waals surface area contributed by atoms with Gasteiger partial charge in [0.15, 0.2) is 5.82 Å². The van der Waals surface area contributed by atoms with Crippen molar-refractivity contribution < 1.29 is 0 Å². The second kappa shape index (κ2) is 6.69. The van der Waals surface area contributed by atoms with Crippen molar-refractivity contribution >= 4 is 22.4 Å². The van der Waals surface area contributed by atoms with E-state index in [-0.39, 0.29) is 0 Å². The van der Waals surface area contributed by atoms with E-state index in [0.717, 1.165) is 34.4 Å². The summed E-state index contributed by atoms with van der Waals surface area (Å²) in [6.45, 7) is 2.15. The van der Waals surface area contributed by atoms with Gasteiger partial charge in [-0.25, -0.2) is 9.97 Å². The molecular weight excluding hydrogens is 308 g/mol. The lowest BCUT2D eigenvalue weighted by Gasteiger charge is -2.13. The molecule has 1 N–H and O–H groups in total. The van der Waals surface area contributed by atoms with Gasteiger partial charge < -0.3 is 5.32 Å². The van der Waals surface area contributed by atoms with Gasteiger partial charge in [0.1, 0.15) is 5.82 Å². The fourth-order valence-corrected chi connectivity index (χ4v) is 2.87. The number of para-hydroxylation sites is 2. The molecule has 0 aliphatic heterocycles. The van der Waals surface area contributed by atoms with Crippen molar-refractivity contribution in [3.63, 3.8) is 0 Å². The van der Waals surface area contributed by atoms with E-state index in [2.05, 4.69) is 35.4 Å². The molecule has 0 aliphatic carbocycles. The normalized spacial score (nSPS) is 10.8. The van der Waals surface area contributed by atoms with Crippen molar-refractivity contribution in [1.82, 2.24) is 15.0 Å². The number of aromatic nitrogens is 3. The number of nitrogens with zero attached hydrogens (tertiary/aromatic N) is 3. The van der Waals surface area contributed by atoms with Crippen molar-refractivity contribution in [2.24, 2.45) is 0 Å². The van der Waals surface area contributed by atoms with Gasteiger partial charge >= 0.3 is 0 Å². The molecule has 0 unspecified atom stereocenters. The summed E-state index contributed by atoms with van der Waals surface area (Å²) in [6, 6.07) is 20.2. The molecule has 25 heavy (non-hydrogen) atoms. The molecule has 4 nitrogen and oxygen atoms in total. The molecule has 0 atom stereocenters. The number of nitrogens with one attached hydrogen (secondary N) is 1. The predicted molar refractivity (Wildman–Crippen MR) is 102 cm³/mol. The molecule has 0 fully saturated rings. The number of benzene rings is 2.